The standard InChI is InChI=1S/C23H21ClF5N7O/c1-13-30-12-36(35-13)21-18(25)10-15(11-19(21)26)31-22-32-20(33-34-22)5-3-2-4-17(24)14-6-8-16(9-7-14)37-23(27,28)29/h6-12,17H,2-5H2,1H3,(H2,31,32,33,34). The molecule has 0 fully saturated rings. The smallest absolute Gasteiger partial charge is 0.406 e. The molecule has 1 unspecified atom stereocenters. The van der Waals surface area contributed by atoms with E-state index in [-0.39, 0.29) is 28.4 Å². The SMILES string of the molecule is Cc1ncn(-c2c(F)cc(Nc3n[nH]c(CCCCC(Cl)c4ccc(OC(F)(F)F)cc4)n3)cc2F)n1. The number of hydrogen-bond donors (Lipinski definition) is 2. The fourth-order valence-electron chi connectivity index (χ4n) is 3.56. The van der Waals surface area contributed by atoms with Gasteiger partial charge in [-0.3, -0.25) is 5.10 Å². The number of nitrogens with zero attached hydrogens (tertiary/aromatic N) is 5. The van der Waals surface area contributed by atoms with Crippen molar-refractivity contribution in [1.82, 2.24) is 29.9 Å². The fraction of sp³-hybridized carbons (Fsp3) is 0.304. The van der Waals surface area contributed by atoms with Crippen LogP contribution < -0.4 is 10.1 Å². The molecule has 14 heteroatoms. The van der Waals surface area contributed by atoms with Crippen molar-refractivity contribution in [2.45, 2.75) is 44.3 Å². The quantitative estimate of drug-likeness (QED) is 0.139. The van der Waals surface area contributed by atoms with E-state index < -0.39 is 18.0 Å². The van der Waals surface area contributed by atoms with Gasteiger partial charge in [0, 0.05) is 12.1 Å². The van der Waals surface area contributed by atoms with E-state index in [4.69, 9.17) is 11.6 Å². The number of anilines is 2. The molecule has 0 spiro atoms. The summed E-state index contributed by atoms with van der Waals surface area (Å²) < 4.78 is 70.7. The van der Waals surface area contributed by atoms with Crippen molar-refractivity contribution in [2.75, 3.05) is 5.32 Å². The number of rotatable bonds is 10. The highest BCUT2D eigenvalue weighted by molar-refractivity contribution is 6.20. The van der Waals surface area contributed by atoms with Gasteiger partial charge in [-0.25, -0.2) is 18.4 Å². The van der Waals surface area contributed by atoms with Gasteiger partial charge in [-0.2, -0.15) is 10.1 Å². The third kappa shape index (κ3) is 7.15. The Hall–Kier alpha value is -3.74. The number of halogens is 6. The first-order chi connectivity index (χ1) is 17.6. The minimum atomic E-state index is -4.74. The summed E-state index contributed by atoms with van der Waals surface area (Å²) >= 11 is 6.37. The second-order valence-electron chi connectivity index (χ2n) is 8.09. The number of aryl methyl sites for hydroxylation is 2. The lowest BCUT2D eigenvalue weighted by Gasteiger charge is -2.12. The monoisotopic (exact) mass is 541 g/mol. The predicted octanol–water partition coefficient (Wildman–Crippen LogP) is 6.31. The van der Waals surface area contributed by atoms with Crippen LogP contribution in [-0.4, -0.2) is 36.3 Å². The summed E-state index contributed by atoms with van der Waals surface area (Å²) in [5.74, 6) is -0.874. The molecule has 0 aliphatic heterocycles. The number of aromatic amines is 1. The summed E-state index contributed by atoms with van der Waals surface area (Å²) in [6.45, 7) is 1.61. The van der Waals surface area contributed by atoms with Crippen LogP contribution in [0.3, 0.4) is 0 Å². The summed E-state index contributed by atoms with van der Waals surface area (Å²) in [6, 6.07) is 7.66. The van der Waals surface area contributed by atoms with Crippen LogP contribution in [0.5, 0.6) is 5.75 Å². The average Bonchev–Trinajstić information content (AvgIpc) is 3.44. The zero-order valence-electron chi connectivity index (χ0n) is 19.4. The van der Waals surface area contributed by atoms with Crippen molar-refractivity contribution in [3.05, 3.63) is 71.6 Å². The molecule has 4 aromatic rings. The van der Waals surface area contributed by atoms with Crippen molar-refractivity contribution in [2.24, 2.45) is 0 Å². The first kappa shape index (κ1) is 26.3. The molecule has 2 aromatic heterocycles. The minimum absolute atomic E-state index is 0.123. The molecule has 0 bridgehead atoms. The second kappa shape index (κ2) is 11.1. The maximum Gasteiger partial charge on any atom is 0.573 e. The summed E-state index contributed by atoms with van der Waals surface area (Å²) in [4.78, 5) is 8.14. The van der Waals surface area contributed by atoms with E-state index in [2.05, 4.69) is 35.3 Å². The molecule has 2 aromatic carbocycles. The summed E-state index contributed by atoms with van der Waals surface area (Å²) in [5, 5.41) is 13.1. The molecule has 2 heterocycles. The Labute approximate surface area is 212 Å². The molecule has 2 N–H and O–H groups in total. The lowest BCUT2D eigenvalue weighted by atomic mass is 10.1. The highest BCUT2D eigenvalue weighted by Gasteiger charge is 2.31. The maximum absolute atomic E-state index is 14.5. The normalized spacial score (nSPS) is 12.5. The molecule has 0 radical (unpaired) electrons. The molecule has 8 nitrogen and oxygen atoms in total. The van der Waals surface area contributed by atoms with Gasteiger partial charge in [-0.15, -0.1) is 29.9 Å². The Morgan fingerprint density at radius 2 is 1.81 bits per heavy atom. The van der Waals surface area contributed by atoms with Crippen LogP contribution in [0.2, 0.25) is 0 Å². The average molecular weight is 542 g/mol. The van der Waals surface area contributed by atoms with Crippen LogP contribution in [-0.2, 0) is 6.42 Å². The van der Waals surface area contributed by atoms with Gasteiger partial charge >= 0.3 is 6.36 Å². The van der Waals surface area contributed by atoms with Crippen LogP contribution in [0, 0.1) is 18.6 Å². The number of hydrogen-bond acceptors (Lipinski definition) is 6. The molecule has 37 heavy (non-hydrogen) atoms. The third-order valence-corrected chi connectivity index (χ3v) is 5.71. The largest absolute Gasteiger partial charge is 0.573 e. The number of aromatic nitrogens is 6. The highest BCUT2D eigenvalue weighted by Crippen LogP contribution is 2.30. The number of ether oxygens (including phenoxy) is 1. The topological polar surface area (TPSA) is 93.5 Å². The van der Waals surface area contributed by atoms with E-state index in [1.807, 2.05) is 0 Å². The number of unbranched alkanes of at least 4 members (excludes halogenated alkanes) is 1. The molecule has 196 valence electrons. The van der Waals surface area contributed by atoms with Gasteiger partial charge in [0.25, 0.3) is 0 Å². The number of benzene rings is 2. The van der Waals surface area contributed by atoms with E-state index in [0.717, 1.165) is 23.2 Å². The fourth-order valence-corrected chi connectivity index (χ4v) is 3.86. The van der Waals surface area contributed by atoms with Crippen LogP contribution in [0.4, 0.5) is 33.6 Å². The lowest BCUT2D eigenvalue weighted by Crippen LogP contribution is -2.17. The van der Waals surface area contributed by atoms with E-state index in [0.29, 0.717) is 36.5 Å². The van der Waals surface area contributed by atoms with Crippen molar-refractivity contribution in [1.29, 1.82) is 0 Å². The van der Waals surface area contributed by atoms with Crippen LogP contribution in [0.25, 0.3) is 5.69 Å². The first-order valence-corrected chi connectivity index (χ1v) is 11.6. The Bertz CT molecular complexity index is 1320. The molecule has 1 atom stereocenters. The molecule has 0 saturated heterocycles. The number of alkyl halides is 4. The second-order valence-corrected chi connectivity index (χ2v) is 8.61. The number of H-pyrrole nitrogens is 1. The molecular weight excluding hydrogens is 521 g/mol. The molecule has 0 saturated carbocycles. The van der Waals surface area contributed by atoms with Gasteiger partial charge in [-0.05, 0) is 49.6 Å². The van der Waals surface area contributed by atoms with Gasteiger partial charge in [0.2, 0.25) is 5.95 Å². The molecule has 0 aliphatic carbocycles. The lowest BCUT2D eigenvalue weighted by molar-refractivity contribution is -0.274. The highest BCUT2D eigenvalue weighted by atomic mass is 35.5. The van der Waals surface area contributed by atoms with Gasteiger partial charge in [0.1, 0.15) is 29.4 Å². The van der Waals surface area contributed by atoms with Crippen LogP contribution in [0.1, 0.15) is 41.9 Å². The van der Waals surface area contributed by atoms with E-state index in [1.165, 1.54) is 30.6 Å². The maximum atomic E-state index is 14.5. The minimum Gasteiger partial charge on any atom is -0.406 e. The van der Waals surface area contributed by atoms with Gasteiger partial charge in [0.05, 0.1) is 5.38 Å². The van der Waals surface area contributed by atoms with Crippen molar-refractivity contribution in [3.63, 3.8) is 0 Å². The predicted molar refractivity (Wildman–Crippen MR) is 125 cm³/mol. The van der Waals surface area contributed by atoms with Crippen LogP contribution >= 0.6 is 11.6 Å². The molecular formula is C23H21ClF5N7O. The zero-order valence-corrected chi connectivity index (χ0v) is 20.1. The Morgan fingerprint density at radius 3 is 2.43 bits per heavy atom. The van der Waals surface area contributed by atoms with Gasteiger partial charge in [-0.1, -0.05) is 18.6 Å². The van der Waals surface area contributed by atoms with Crippen molar-refractivity contribution >= 4 is 23.2 Å². The third-order valence-electron chi connectivity index (χ3n) is 5.24. The van der Waals surface area contributed by atoms with Crippen molar-refractivity contribution < 1.29 is 26.7 Å². The first-order valence-electron chi connectivity index (χ1n) is 11.1. The summed E-state index contributed by atoms with van der Waals surface area (Å²) in [6.07, 6.45) is -0.950. The van der Waals surface area contributed by atoms with Gasteiger partial charge < -0.3 is 10.1 Å². The Kier molecular flexibility index (Phi) is 7.91. The molecule has 0 aliphatic rings. The van der Waals surface area contributed by atoms with Gasteiger partial charge in [0.15, 0.2) is 11.6 Å². The Balaban J connectivity index is 1.26. The van der Waals surface area contributed by atoms with Crippen LogP contribution in [0.15, 0.2) is 42.7 Å². The summed E-state index contributed by atoms with van der Waals surface area (Å²) in [5.41, 5.74) is 0.467. The van der Waals surface area contributed by atoms with E-state index in [9.17, 15) is 22.0 Å². The Morgan fingerprint density at radius 1 is 1.11 bits per heavy atom. The van der Waals surface area contributed by atoms with E-state index in [1.54, 1.807) is 6.92 Å². The number of nitrogens with one attached hydrogen (secondary N) is 2. The zero-order chi connectivity index (χ0) is 26.6. The molecule has 0 amide bonds. The van der Waals surface area contributed by atoms with E-state index >= 15 is 0 Å². The molecule has 4 rings (SSSR count). The summed E-state index contributed by atoms with van der Waals surface area (Å²) in [7, 11) is 0. The van der Waals surface area contributed by atoms with Crippen molar-refractivity contribution in [3.8, 4) is 11.4 Å².